The highest BCUT2D eigenvalue weighted by Gasteiger charge is 2.37. The molecule has 3 fully saturated rings. The molecule has 3 nitrogen and oxygen atoms in total. The zero-order chi connectivity index (χ0) is 8.55. The molecule has 0 amide bonds. The average molecular weight is 169 g/mol. The summed E-state index contributed by atoms with van der Waals surface area (Å²) in [7, 11) is 0. The van der Waals surface area contributed by atoms with Gasteiger partial charge in [0, 0.05) is 0 Å². The average Bonchev–Trinajstić information content (AvgIpc) is 2.36. The molecule has 3 atom stereocenters. The fraction of sp³-hybridized carbons (Fsp3) is 0.889. The van der Waals surface area contributed by atoms with Crippen LogP contribution >= 0.6 is 0 Å². The summed E-state index contributed by atoms with van der Waals surface area (Å²) in [6, 6.07) is 0. The molecule has 0 radical (unpaired) electrons. The molecule has 2 bridgehead atoms. The van der Waals surface area contributed by atoms with Crippen LogP contribution in [0.4, 0.5) is 0 Å². The second-order valence-corrected chi connectivity index (χ2v) is 4.04. The van der Waals surface area contributed by atoms with Crippen molar-refractivity contribution in [3.8, 4) is 0 Å². The largest absolute Gasteiger partial charge is 0.481 e. The van der Waals surface area contributed by atoms with E-state index in [1.54, 1.807) is 0 Å². The third kappa shape index (κ3) is 1.33. The van der Waals surface area contributed by atoms with Gasteiger partial charge < -0.3 is 10.4 Å². The Morgan fingerprint density at radius 3 is 2.92 bits per heavy atom. The Hall–Kier alpha value is -0.570. The molecule has 0 aromatic carbocycles. The Bertz CT molecular complexity index is 189. The number of nitrogens with one attached hydrogen (secondary N) is 1. The van der Waals surface area contributed by atoms with Crippen molar-refractivity contribution in [2.24, 2.45) is 17.8 Å². The van der Waals surface area contributed by atoms with E-state index >= 15 is 0 Å². The maximum absolute atomic E-state index is 10.9. The lowest BCUT2D eigenvalue weighted by atomic mass is 9.76. The van der Waals surface area contributed by atoms with Crippen LogP contribution in [0.3, 0.4) is 0 Å². The second kappa shape index (κ2) is 3.05. The molecule has 68 valence electrons. The van der Waals surface area contributed by atoms with Crippen LogP contribution in [0.25, 0.3) is 0 Å². The van der Waals surface area contributed by atoms with Crippen molar-refractivity contribution in [2.75, 3.05) is 13.1 Å². The van der Waals surface area contributed by atoms with E-state index in [4.69, 9.17) is 5.11 Å². The normalized spacial score (nSPS) is 40.8. The Morgan fingerprint density at radius 1 is 1.33 bits per heavy atom. The third-order valence-corrected chi connectivity index (χ3v) is 3.26. The summed E-state index contributed by atoms with van der Waals surface area (Å²) in [5.74, 6) is 0.346. The topological polar surface area (TPSA) is 49.3 Å². The van der Waals surface area contributed by atoms with Crippen molar-refractivity contribution in [1.29, 1.82) is 0 Å². The van der Waals surface area contributed by atoms with Gasteiger partial charge >= 0.3 is 5.97 Å². The first-order valence-electron chi connectivity index (χ1n) is 4.71. The number of fused-ring (bicyclic) bond motifs is 4. The van der Waals surface area contributed by atoms with Gasteiger partial charge in [-0.25, -0.2) is 0 Å². The second-order valence-electron chi connectivity index (χ2n) is 4.04. The number of carboxylic acids is 1. The zero-order valence-corrected chi connectivity index (χ0v) is 7.12. The maximum atomic E-state index is 10.9. The van der Waals surface area contributed by atoms with Crippen molar-refractivity contribution in [2.45, 2.75) is 19.3 Å². The first kappa shape index (κ1) is 8.05. The predicted molar refractivity (Wildman–Crippen MR) is 44.8 cm³/mol. The van der Waals surface area contributed by atoms with Crippen molar-refractivity contribution >= 4 is 5.97 Å². The molecular weight excluding hydrogens is 154 g/mol. The smallest absolute Gasteiger partial charge is 0.306 e. The molecule has 2 N–H and O–H groups in total. The number of carboxylic acid groups (broad SMARTS) is 1. The summed E-state index contributed by atoms with van der Waals surface area (Å²) in [5, 5.41) is 12.3. The van der Waals surface area contributed by atoms with Gasteiger partial charge in [0.15, 0.2) is 0 Å². The highest BCUT2D eigenvalue weighted by atomic mass is 16.4. The molecule has 3 unspecified atom stereocenters. The van der Waals surface area contributed by atoms with E-state index in [9.17, 15) is 4.79 Å². The lowest BCUT2D eigenvalue weighted by molar-refractivity contribution is -0.145. The molecule has 1 aliphatic carbocycles. The van der Waals surface area contributed by atoms with Crippen LogP contribution in [0.15, 0.2) is 0 Å². The molecule has 3 rings (SSSR count). The lowest BCUT2D eigenvalue weighted by Gasteiger charge is -2.28. The first-order chi connectivity index (χ1) is 5.77. The van der Waals surface area contributed by atoms with E-state index in [2.05, 4.69) is 5.32 Å². The summed E-state index contributed by atoms with van der Waals surface area (Å²) in [5.41, 5.74) is 0. The minimum Gasteiger partial charge on any atom is -0.481 e. The number of hydrogen-bond donors (Lipinski definition) is 2. The van der Waals surface area contributed by atoms with E-state index in [1.807, 2.05) is 0 Å². The molecular formula is C9H15NO2. The maximum Gasteiger partial charge on any atom is 0.306 e. The van der Waals surface area contributed by atoms with Crippen LogP contribution in [0.1, 0.15) is 19.3 Å². The highest BCUT2D eigenvalue weighted by Crippen LogP contribution is 2.35. The van der Waals surface area contributed by atoms with Gasteiger partial charge in [-0.2, -0.15) is 0 Å². The predicted octanol–water partition coefficient (Wildman–Crippen LogP) is 0.707. The van der Waals surface area contributed by atoms with Crippen LogP contribution in [-0.4, -0.2) is 24.2 Å². The molecule has 0 aromatic heterocycles. The Balaban J connectivity index is 2.11. The number of hydrogen-bond acceptors (Lipinski definition) is 2. The van der Waals surface area contributed by atoms with Gasteiger partial charge in [-0.05, 0) is 44.2 Å². The van der Waals surface area contributed by atoms with Crippen molar-refractivity contribution in [3.63, 3.8) is 0 Å². The van der Waals surface area contributed by atoms with E-state index in [0.29, 0.717) is 11.8 Å². The van der Waals surface area contributed by atoms with Crippen molar-refractivity contribution < 1.29 is 9.90 Å². The Kier molecular flexibility index (Phi) is 2.05. The zero-order valence-electron chi connectivity index (χ0n) is 7.12. The number of carbonyl (C=O) groups is 1. The van der Waals surface area contributed by atoms with Crippen molar-refractivity contribution in [1.82, 2.24) is 5.32 Å². The summed E-state index contributed by atoms with van der Waals surface area (Å²) in [4.78, 5) is 10.9. The molecule has 2 aliphatic heterocycles. The summed E-state index contributed by atoms with van der Waals surface area (Å²) in [6.45, 7) is 1.94. The van der Waals surface area contributed by atoms with Gasteiger partial charge in [-0.15, -0.1) is 0 Å². The van der Waals surface area contributed by atoms with Gasteiger partial charge in [-0.3, -0.25) is 4.79 Å². The fourth-order valence-electron chi connectivity index (χ4n) is 2.53. The molecule has 2 heterocycles. The van der Waals surface area contributed by atoms with Gasteiger partial charge in [-0.1, -0.05) is 0 Å². The summed E-state index contributed by atoms with van der Waals surface area (Å²) < 4.78 is 0. The fourth-order valence-corrected chi connectivity index (χ4v) is 2.53. The minimum atomic E-state index is -0.589. The minimum absolute atomic E-state index is 0.0706. The SMILES string of the molecule is O=C(O)C1CC2CCC1CNC2. The molecule has 0 spiro atoms. The van der Waals surface area contributed by atoms with Gasteiger partial charge in [0.05, 0.1) is 5.92 Å². The first-order valence-corrected chi connectivity index (χ1v) is 4.71. The Labute approximate surface area is 72.2 Å². The van der Waals surface area contributed by atoms with E-state index in [1.165, 1.54) is 6.42 Å². The molecule has 3 aliphatic rings. The summed E-state index contributed by atoms with van der Waals surface area (Å²) >= 11 is 0. The van der Waals surface area contributed by atoms with E-state index in [-0.39, 0.29) is 5.92 Å². The van der Waals surface area contributed by atoms with Gasteiger partial charge in [0.1, 0.15) is 0 Å². The molecule has 2 saturated heterocycles. The standard InChI is InChI=1S/C9H15NO2/c11-9(12)8-3-6-1-2-7(8)5-10-4-6/h6-8,10H,1-5H2,(H,11,12). The monoisotopic (exact) mass is 169 g/mol. The van der Waals surface area contributed by atoms with Crippen LogP contribution in [0, 0.1) is 17.8 Å². The molecule has 12 heavy (non-hydrogen) atoms. The quantitative estimate of drug-likeness (QED) is 0.607. The van der Waals surface area contributed by atoms with Gasteiger partial charge in [0.25, 0.3) is 0 Å². The molecule has 0 aromatic rings. The number of rotatable bonds is 1. The highest BCUT2D eigenvalue weighted by molar-refractivity contribution is 5.70. The lowest BCUT2D eigenvalue weighted by Crippen LogP contribution is -2.30. The number of aliphatic carboxylic acids is 1. The van der Waals surface area contributed by atoms with Gasteiger partial charge in [0.2, 0.25) is 0 Å². The van der Waals surface area contributed by atoms with Crippen LogP contribution in [0.5, 0.6) is 0 Å². The summed E-state index contributed by atoms with van der Waals surface area (Å²) in [6.07, 6.45) is 3.23. The van der Waals surface area contributed by atoms with Crippen LogP contribution < -0.4 is 5.32 Å². The van der Waals surface area contributed by atoms with Crippen LogP contribution in [0.2, 0.25) is 0 Å². The van der Waals surface area contributed by atoms with E-state index in [0.717, 1.165) is 25.9 Å². The molecule has 1 saturated carbocycles. The Morgan fingerprint density at radius 2 is 2.17 bits per heavy atom. The van der Waals surface area contributed by atoms with Crippen LogP contribution in [-0.2, 0) is 4.79 Å². The third-order valence-electron chi connectivity index (χ3n) is 3.26. The molecule has 3 heteroatoms. The van der Waals surface area contributed by atoms with E-state index < -0.39 is 5.97 Å². The van der Waals surface area contributed by atoms with Crippen molar-refractivity contribution in [3.05, 3.63) is 0 Å².